The summed E-state index contributed by atoms with van der Waals surface area (Å²) in [6, 6.07) is 8.01. The Bertz CT molecular complexity index is 604. The van der Waals surface area contributed by atoms with Gasteiger partial charge in [0.2, 0.25) is 5.91 Å². The number of ether oxygens (including phenoxy) is 1. The summed E-state index contributed by atoms with van der Waals surface area (Å²) in [5.41, 5.74) is 1.08. The van der Waals surface area contributed by atoms with Crippen molar-refractivity contribution in [3.05, 3.63) is 29.8 Å². The minimum Gasteiger partial charge on any atom is -0.494 e. The number of benzene rings is 1. The lowest BCUT2D eigenvalue weighted by atomic mass is 10.2. The van der Waals surface area contributed by atoms with Crippen LogP contribution >= 0.6 is 0 Å². The fourth-order valence-corrected chi connectivity index (χ4v) is 3.19. The molecular formula is C21H34N4O2. The minimum absolute atomic E-state index is 0.306. The number of aliphatic imine (C=N–C) groups is 1. The largest absolute Gasteiger partial charge is 0.494 e. The van der Waals surface area contributed by atoms with E-state index >= 15 is 0 Å². The molecule has 1 aromatic rings. The number of hydrogen-bond acceptors (Lipinski definition) is 3. The first-order valence-corrected chi connectivity index (χ1v) is 10.2. The molecule has 1 aliphatic rings. The lowest BCUT2D eigenvalue weighted by molar-refractivity contribution is -0.130. The van der Waals surface area contributed by atoms with Gasteiger partial charge in [0.25, 0.3) is 0 Å². The van der Waals surface area contributed by atoms with E-state index in [0.717, 1.165) is 62.7 Å². The lowest BCUT2D eigenvalue weighted by Crippen LogP contribution is -2.39. The first-order chi connectivity index (χ1) is 13.2. The zero-order valence-corrected chi connectivity index (χ0v) is 16.8. The summed E-state index contributed by atoms with van der Waals surface area (Å²) in [4.78, 5) is 18.7. The molecule has 0 aliphatic carbocycles. The van der Waals surface area contributed by atoms with E-state index < -0.39 is 0 Å². The van der Waals surface area contributed by atoms with Crippen molar-refractivity contribution < 1.29 is 9.53 Å². The maximum Gasteiger partial charge on any atom is 0.222 e. The fourth-order valence-electron chi connectivity index (χ4n) is 3.19. The number of rotatable bonds is 9. The Balaban J connectivity index is 1.82. The average Bonchev–Trinajstić information content (AvgIpc) is 2.88. The molecule has 0 bridgehead atoms. The maximum atomic E-state index is 12.0. The van der Waals surface area contributed by atoms with Crippen LogP contribution in [0, 0.1) is 0 Å². The Labute approximate surface area is 163 Å². The third-order valence-electron chi connectivity index (χ3n) is 4.59. The molecule has 1 amide bonds. The second-order valence-electron chi connectivity index (χ2n) is 6.71. The quantitative estimate of drug-likeness (QED) is 0.396. The molecule has 1 fully saturated rings. The minimum atomic E-state index is 0.306. The van der Waals surface area contributed by atoms with Gasteiger partial charge in [-0.3, -0.25) is 4.79 Å². The van der Waals surface area contributed by atoms with E-state index in [9.17, 15) is 4.79 Å². The number of carbonyl (C=O) groups is 1. The zero-order chi connectivity index (χ0) is 19.3. The van der Waals surface area contributed by atoms with Crippen LogP contribution in [0.4, 0.5) is 0 Å². The van der Waals surface area contributed by atoms with E-state index in [4.69, 9.17) is 4.74 Å². The maximum absolute atomic E-state index is 12.0. The van der Waals surface area contributed by atoms with Crippen LogP contribution < -0.4 is 15.4 Å². The average molecular weight is 375 g/mol. The first-order valence-electron chi connectivity index (χ1n) is 10.2. The van der Waals surface area contributed by atoms with Crippen molar-refractivity contribution in [2.75, 3.05) is 32.8 Å². The second kappa shape index (κ2) is 12.2. The van der Waals surface area contributed by atoms with Crippen molar-refractivity contribution >= 4 is 11.9 Å². The molecule has 0 aromatic heterocycles. The molecule has 1 aromatic carbocycles. The normalized spacial score (nSPS) is 15.4. The number of para-hydroxylation sites is 1. The summed E-state index contributed by atoms with van der Waals surface area (Å²) in [6.07, 6.45) is 4.96. The molecule has 0 spiro atoms. The topological polar surface area (TPSA) is 66.0 Å². The Morgan fingerprint density at radius 3 is 2.85 bits per heavy atom. The Kier molecular flexibility index (Phi) is 9.52. The van der Waals surface area contributed by atoms with Crippen LogP contribution in [0.5, 0.6) is 5.75 Å². The Morgan fingerprint density at radius 2 is 2.04 bits per heavy atom. The van der Waals surface area contributed by atoms with E-state index in [0.29, 0.717) is 25.5 Å². The number of nitrogens with one attached hydrogen (secondary N) is 2. The molecule has 1 heterocycles. The molecule has 6 heteroatoms. The van der Waals surface area contributed by atoms with Gasteiger partial charge in [-0.2, -0.15) is 0 Å². The van der Waals surface area contributed by atoms with Crippen LogP contribution in [0.3, 0.4) is 0 Å². The number of nitrogens with zero attached hydrogens (tertiary/aromatic N) is 2. The Morgan fingerprint density at radius 1 is 1.19 bits per heavy atom. The molecule has 0 radical (unpaired) electrons. The summed E-state index contributed by atoms with van der Waals surface area (Å²) >= 11 is 0. The van der Waals surface area contributed by atoms with Gasteiger partial charge in [0, 0.05) is 38.2 Å². The van der Waals surface area contributed by atoms with Crippen molar-refractivity contribution in [3.8, 4) is 5.75 Å². The summed E-state index contributed by atoms with van der Waals surface area (Å²) < 4.78 is 5.67. The zero-order valence-electron chi connectivity index (χ0n) is 16.8. The molecule has 0 atom stereocenters. The molecule has 150 valence electrons. The summed E-state index contributed by atoms with van der Waals surface area (Å²) in [5.74, 6) is 1.99. The van der Waals surface area contributed by atoms with Crippen molar-refractivity contribution in [1.29, 1.82) is 0 Å². The van der Waals surface area contributed by atoms with Gasteiger partial charge in [0.15, 0.2) is 5.96 Å². The highest BCUT2D eigenvalue weighted by atomic mass is 16.5. The molecule has 27 heavy (non-hydrogen) atoms. The molecule has 6 nitrogen and oxygen atoms in total. The van der Waals surface area contributed by atoms with Crippen molar-refractivity contribution in [3.63, 3.8) is 0 Å². The number of hydrogen-bond donors (Lipinski definition) is 2. The summed E-state index contributed by atoms with van der Waals surface area (Å²) in [5, 5.41) is 6.65. The SMILES string of the molecule is CCNC(=NCc1ccccc1OCC)NCCCN1CCCCCC1=O. The van der Waals surface area contributed by atoms with E-state index in [-0.39, 0.29) is 0 Å². The van der Waals surface area contributed by atoms with Crippen LogP contribution in [0.15, 0.2) is 29.3 Å². The van der Waals surface area contributed by atoms with Crippen molar-refractivity contribution in [2.45, 2.75) is 52.5 Å². The van der Waals surface area contributed by atoms with E-state index in [1.54, 1.807) is 0 Å². The standard InChI is InChI=1S/C21H34N4O2/c1-3-22-21(24-17-18-11-7-8-12-19(18)27-4-2)23-14-10-16-25-15-9-5-6-13-20(25)26/h7-8,11-12H,3-6,9-10,13-17H2,1-2H3,(H2,22,23,24). The van der Waals surface area contributed by atoms with E-state index in [1.165, 1.54) is 6.42 Å². The van der Waals surface area contributed by atoms with Gasteiger partial charge in [-0.05, 0) is 39.2 Å². The van der Waals surface area contributed by atoms with Gasteiger partial charge >= 0.3 is 0 Å². The summed E-state index contributed by atoms with van der Waals surface area (Å²) in [6.45, 7) is 8.58. The highest BCUT2D eigenvalue weighted by molar-refractivity contribution is 5.79. The number of guanidine groups is 1. The number of likely N-dealkylation sites (tertiary alicyclic amines) is 1. The highest BCUT2D eigenvalue weighted by Crippen LogP contribution is 2.18. The van der Waals surface area contributed by atoms with Gasteiger partial charge in [0.05, 0.1) is 13.2 Å². The smallest absolute Gasteiger partial charge is 0.222 e. The molecule has 2 N–H and O–H groups in total. The predicted octanol–water partition coefficient (Wildman–Crippen LogP) is 2.93. The monoisotopic (exact) mass is 374 g/mol. The van der Waals surface area contributed by atoms with Gasteiger partial charge in [-0.15, -0.1) is 0 Å². The van der Waals surface area contributed by atoms with Crippen molar-refractivity contribution in [2.24, 2.45) is 4.99 Å². The third kappa shape index (κ3) is 7.49. The van der Waals surface area contributed by atoms with Crippen LogP contribution in [0.2, 0.25) is 0 Å². The van der Waals surface area contributed by atoms with Crippen LogP contribution in [0.1, 0.15) is 51.5 Å². The molecule has 0 saturated carbocycles. The van der Waals surface area contributed by atoms with Crippen molar-refractivity contribution in [1.82, 2.24) is 15.5 Å². The van der Waals surface area contributed by atoms with Crippen LogP contribution in [-0.4, -0.2) is 49.6 Å². The Hall–Kier alpha value is -2.24. The van der Waals surface area contributed by atoms with Gasteiger partial charge in [0.1, 0.15) is 5.75 Å². The summed E-state index contributed by atoms with van der Waals surface area (Å²) in [7, 11) is 0. The lowest BCUT2D eigenvalue weighted by Gasteiger charge is -2.20. The first kappa shape index (κ1) is 21.1. The van der Waals surface area contributed by atoms with E-state index in [2.05, 4.69) is 22.5 Å². The molecule has 0 unspecified atom stereocenters. The van der Waals surface area contributed by atoms with E-state index in [1.807, 2.05) is 36.1 Å². The predicted molar refractivity (Wildman–Crippen MR) is 110 cm³/mol. The van der Waals surface area contributed by atoms with Gasteiger partial charge < -0.3 is 20.3 Å². The third-order valence-corrected chi connectivity index (χ3v) is 4.59. The van der Waals surface area contributed by atoms with Gasteiger partial charge in [-0.1, -0.05) is 24.6 Å². The second-order valence-corrected chi connectivity index (χ2v) is 6.71. The highest BCUT2D eigenvalue weighted by Gasteiger charge is 2.15. The molecule has 2 rings (SSSR count). The fraction of sp³-hybridized carbons (Fsp3) is 0.619. The van der Waals surface area contributed by atoms with Crippen LogP contribution in [0.25, 0.3) is 0 Å². The molecule has 1 aliphatic heterocycles. The number of carbonyl (C=O) groups excluding carboxylic acids is 1. The molecular weight excluding hydrogens is 340 g/mol. The molecule has 1 saturated heterocycles. The van der Waals surface area contributed by atoms with Crippen LogP contribution in [-0.2, 0) is 11.3 Å². The number of amides is 1. The van der Waals surface area contributed by atoms with Gasteiger partial charge in [-0.25, -0.2) is 4.99 Å².